The molecule has 3 N–H and O–H groups in total. The van der Waals surface area contributed by atoms with Gasteiger partial charge >= 0.3 is 0 Å². The maximum atomic E-state index is 13.5. The molecule has 5 rings (SSSR count). The third-order valence-corrected chi connectivity index (χ3v) is 6.16. The Morgan fingerprint density at radius 3 is 2.45 bits per heavy atom. The summed E-state index contributed by atoms with van der Waals surface area (Å²) in [7, 11) is 0. The van der Waals surface area contributed by atoms with Crippen molar-refractivity contribution in [2.24, 2.45) is 11.8 Å². The zero-order valence-corrected chi connectivity index (χ0v) is 15.4. The van der Waals surface area contributed by atoms with Gasteiger partial charge in [0.2, 0.25) is 17.7 Å². The highest BCUT2D eigenvalue weighted by molar-refractivity contribution is 6.25. The van der Waals surface area contributed by atoms with Gasteiger partial charge in [-0.2, -0.15) is 0 Å². The number of nitrogens with one attached hydrogen (secondary N) is 2. The van der Waals surface area contributed by atoms with E-state index in [2.05, 4.69) is 10.6 Å². The van der Waals surface area contributed by atoms with E-state index in [1.54, 1.807) is 24.3 Å². The average molecular weight is 395 g/mol. The van der Waals surface area contributed by atoms with Gasteiger partial charge in [0, 0.05) is 17.3 Å². The Morgan fingerprint density at radius 1 is 1.07 bits per heavy atom. The first kappa shape index (κ1) is 18.0. The van der Waals surface area contributed by atoms with Gasteiger partial charge in [0.25, 0.3) is 0 Å². The Morgan fingerprint density at radius 2 is 1.76 bits per heavy atom. The van der Waals surface area contributed by atoms with E-state index in [9.17, 15) is 23.9 Å². The predicted molar refractivity (Wildman–Crippen MR) is 101 cm³/mol. The highest BCUT2D eigenvalue weighted by atomic mass is 19.1. The highest BCUT2D eigenvalue weighted by Gasteiger charge is 2.71. The molecule has 3 aliphatic heterocycles. The molecule has 3 amide bonds. The highest BCUT2D eigenvalue weighted by Crippen LogP contribution is 2.53. The Labute approximate surface area is 165 Å². The number of amides is 3. The molecule has 29 heavy (non-hydrogen) atoms. The molecule has 3 heterocycles. The quantitative estimate of drug-likeness (QED) is 0.663. The molecule has 1 unspecified atom stereocenters. The fourth-order valence-corrected chi connectivity index (χ4v) is 4.95. The van der Waals surface area contributed by atoms with Crippen molar-refractivity contribution in [1.29, 1.82) is 0 Å². The van der Waals surface area contributed by atoms with Gasteiger partial charge < -0.3 is 10.4 Å². The number of hydrogen-bond acceptors (Lipinski definition) is 5. The van der Waals surface area contributed by atoms with Gasteiger partial charge in [0.05, 0.1) is 23.6 Å². The number of carbonyl (C=O) groups is 3. The first-order valence-electron chi connectivity index (χ1n) is 9.36. The summed E-state index contributed by atoms with van der Waals surface area (Å²) in [6.45, 7) is 1.52. The van der Waals surface area contributed by atoms with Crippen LogP contribution in [0.3, 0.4) is 0 Å². The minimum absolute atomic E-state index is 0.238. The molecule has 1 spiro atoms. The van der Waals surface area contributed by atoms with Crippen LogP contribution < -0.4 is 15.5 Å². The first-order chi connectivity index (χ1) is 13.9. The lowest BCUT2D eigenvalue weighted by molar-refractivity contribution is -0.130. The molecule has 2 fully saturated rings. The predicted octanol–water partition coefficient (Wildman–Crippen LogP) is 1.13. The smallest absolute Gasteiger partial charge is 0.250 e. The molecule has 2 aromatic rings. The number of carbonyl (C=O) groups excluding carboxylic acids is 3. The number of halogens is 1. The maximum absolute atomic E-state index is 13.5. The summed E-state index contributed by atoms with van der Waals surface area (Å²) in [4.78, 5) is 40.9. The summed E-state index contributed by atoms with van der Waals surface area (Å²) in [6, 6.07) is 11.2. The zero-order chi connectivity index (χ0) is 20.5. The van der Waals surface area contributed by atoms with E-state index in [4.69, 9.17) is 0 Å². The van der Waals surface area contributed by atoms with Crippen LogP contribution in [-0.4, -0.2) is 35.0 Å². The van der Waals surface area contributed by atoms with Crippen molar-refractivity contribution in [1.82, 2.24) is 5.32 Å². The summed E-state index contributed by atoms with van der Waals surface area (Å²) >= 11 is 0. The van der Waals surface area contributed by atoms with Crippen molar-refractivity contribution in [3.05, 3.63) is 59.9 Å². The lowest BCUT2D eigenvalue weighted by Crippen LogP contribution is -2.54. The second-order valence-corrected chi connectivity index (χ2v) is 7.71. The first-order valence-corrected chi connectivity index (χ1v) is 9.36. The second kappa shape index (κ2) is 5.95. The molecule has 0 bridgehead atoms. The molecule has 5 atom stereocenters. The van der Waals surface area contributed by atoms with Crippen molar-refractivity contribution < 1.29 is 23.9 Å². The van der Waals surface area contributed by atoms with Crippen molar-refractivity contribution in [2.75, 3.05) is 10.2 Å². The van der Waals surface area contributed by atoms with Crippen LogP contribution in [0.25, 0.3) is 0 Å². The fourth-order valence-electron chi connectivity index (χ4n) is 4.95. The molecule has 2 saturated heterocycles. The molecule has 0 aromatic heterocycles. The summed E-state index contributed by atoms with van der Waals surface area (Å²) < 4.78 is 13.3. The van der Waals surface area contributed by atoms with Crippen molar-refractivity contribution in [2.45, 2.75) is 24.6 Å². The fraction of sp³-hybridized carbons (Fsp3) is 0.286. The Bertz CT molecular complexity index is 1050. The summed E-state index contributed by atoms with van der Waals surface area (Å²) in [6.07, 6.45) is -0.979. The number of para-hydroxylation sites is 1. The number of aliphatic hydroxyl groups excluding tert-OH is 1. The van der Waals surface area contributed by atoms with Gasteiger partial charge in [-0.3, -0.25) is 19.7 Å². The second-order valence-electron chi connectivity index (χ2n) is 7.71. The van der Waals surface area contributed by atoms with Crippen LogP contribution in [0.5, 0.6) is 0 Å². The van der Waals surface area contributed by atoms with E-state index >= 15 is 0 Å². The van der Waals surface area contributed by atoms with Crippen molar-refractivity contribution in [3.63, 3.8) is 0 Å². The van der Waals surface area contributed by atoms with Gasteiger partial charge in [-0.05, 0) is 37.3 Å². The zero-order valence-electron chi connectivity index (χ0n) is 15.4. The van der Waals surface area contributed by atoms with Crippen LogP contribution in [0.1, 0.15) is 12.5 Å². The van der Waals surface area contributed by atoms with Crippen molar-refractivity contribution >= 4 is 29.1 Å². The van der Waals surface area contributed by atoms with E-state index in [-0.39, 0.29) is 5.69 Å². The molecule has 3 aliphatic rings. The number of anilines is 2. The third kappa shape index (κ3) is 2.21. The monoisotopic (exact) mass is 395 g/mol. The van der Waals surface area contributed by atoms with Crippen LogP contribution in [0.4, 0.5) is 15.8 Å². The van der Waals surface area contributed by atoms with Gasteiger partial charge in [0.15, 0.2) is 0 Å². The van der Waals surface area contributed by atoms with Crippen LogP contribution in [0.2, 0.25) is 0 Å². The molecule has 0 saturated carbocycles. The van der Waals surface area contributed by atoms with Crippen LogP contribution in [0.15, 0.2) is 48.5 Å². The van der Waals surface area contributed by atoms with Crippen LogP contribution in [0, 0.1) is 17.7 Å². The Balaban J connectivity index is 1.68. The standard InChI is InChI=1S/C21H18FN3O4/c1-10(26)17-15-16(19(28)25(18(15)27)12-8-6-11(22)7-9-12)21(24-17)13-4-2-3-5-14(13)23-20(21)29/h2-10,15-17,24,26H,1H3,(H,23,29)/t10?,15-,16-,17-,21-/m0/s1. The number of nitrogens with zero attached hydrogens (tertiary/aromatic N) is 1. The van der Waals surface area contributed by atoms with E-state index in [0.717, 1.165) is 4.90 Å². The molecular weight excluding hydrogens is 377 g/mol. The number of aliphatic hydroxyl groups is 1. The Kier molecular flexibility index (Phi) is 3.68. The molecule has 0 radical (unpaired) electrons. The molecule has 7 nitrogen and oxygen atoms in total. The van der Waals surface area contributed by atoms with Gasteiger partial charge in [-0.1, -0.05) is 18.2 Å². The lowest BCUT2D eigenvalue weighted by atomic mass is 9.76. The van der Waals surface area contributed by atoms with Gasteiger partial charge in [0.1, 0.15) is 11.4 Å². The SMILES string of the molecule is CC(O)[C@@H]1N[C@]2(C(=O)Nc3ccccc32)[C@@H]2C(=O)N(c3ccc(F)cc3)C(=O)[C@@H]21. The van der Waals surface area contributed by atoms with E-state index in [0.29, 0.717) is 11.3 Å². The topological polar surface area (TPSA) is 98.7 Å². The van der Waals surface area contributed by atoms with Gasteiger partial charge in [-0.25, -0.2) is 9.29 Å². The number of benzene rings is 2. The molecular formula is C21H18FN3O4. The average Bonchev–Trinajstić information content (AvgIpc) is 3.28. The van der Waals surface area contributed by atoms with Crippen molar-refractivity contribution in [3.8, 4) is 0 Å². The number of imide groups is 1. The van der Waals surface area contributed by atoms with E-state index < -0.39 is 53.1 Å². The number of fused-ring (bicyclic) bond motifs is 4. The maximum Gasteiger partial charge on any atom is 0.250 e. The molecule has 148 valence electrons. The largest absolute Gasteiger partial charge is 0.392 e. The van der Waals surface area contributed by atoms with Gasteiger partial charge in [-0.15, -0.1) is 0 Å². The molecule has 2 aromatic carbocycles. The molecule has 0 aliphatic carbocycles. The summed E-state index contributed by atoms with van der Waals surface area (Å²) in [5.41, 5.74) is -0.0764. The minimum atomic E-state index is -1.45. The van der Waals surface area contributed by atoms with E-state index in [1.807, 2.05) is 0 Å². The van der Waals surface area contributed by atoms with Crippen LogP contribution >= 0.6 is 0 Å². The minimum Gasteiger partial charge on any atom is -0.392 e. The summed E-state index contributed by atoms with van der Waals surface area (Å²) in [5.74, 6) is -3.93. The Hall–Kier alpha value is -3.10. The van der Waals surface area contributed by atoms with Crippen LogP contribution in [-0.2, 0) is 19.9 Å². The molecule has 8 heteroatoms. The normalized spacial score (nSPS) is 31.2. The number of rotatable bonds is 2. The number of hydrogen-bond donors (Lipinski definition) is 3. The summed E-state index contributed by atoms with van der Waals surface area (Å²) in [5, 5.41) is 16.3. The lowest BCUT2D eigenvalue weighted by Gasteiger charge is -2.30. The van der Waals surface area contributed by atoms with E-state index in [1.165, 1.54) is 31.2 Å². The third-order valence-electron chi connectivity index (χ3n) is 6.16.